The van der Waals surface area contributed by atoms with E-state index in [9.17, 15) is 9.18 Å². The third-order valence-electron chi connectivity index (χ3n) is 5.49. The third kappa shape index (κ3) is 3.66. The molecule has 0 unspecified atom stereocenters. The molecular weight excluding hydrogens is 381 g/mol. The van der Waals surface area contributed by atoms with Crippen molar-refractivity contribution >= 4 is 16.8 Å². The van der Waals surface area contributed by atoms with Crippen LogP contribution in [0.3, 0.4) is 0 Å². The predicted molar refractivity (Wildman–Crippen MR) is 110 cm³/mol. The van der Waals surface area contributed by atoms with Crippen molar-refractivity contribution in [1.82, 2.24) is 24.6 Å². The van der Waals surface area contributed by atoms with Gasteiger partial charge in [-0.25, -0.2) is 14.4 Å². The number of benzene rings is 2. The van der Waals surface area contributed by atoms with Crippen molar-refractivity contribution in [2.75, 3.05) is 6.54 Å². The topological polar surface area (TPSA) is 63.9 Å². The first-order valence-electron chi connectivity index (χ1n) is 9.92. The van der Waals surface area contributed by atoms with E-state index in [2.05, 4.69) is 15.1 Å². The summed E-state index contributed by atoms with van der Waals surface area (Å²) in [4.78, 5) is 23.7. The van der Waals surface area contributed by atoms with Crippen molar-refractivity contribution in [2.24, 2.45) is 0 Å². The first kappa shape index (κ1) is 18.4. The number of nitrogens with zero attached hydrogens (tertiary/aromatic N) is 5. The predicted octanol–water partition coefficient (Wildman–Crippen LogP) is 3.14. The van der Waals surface area contributed by atoms with Crippen LogP contribution in [-0.4, -0.2) is 37.1 Å². The van der Waals surface area contributed by atoms with Gasteiger partial charge >= 0.3 is 0 Å². The second kappa shape index (κ2) is 7.67. The molecule has 2 aromatic carbocycles. The zero-order valence-electron chi connectivity index (χ0n) is 16.3. The molecule has 0 fully saturated rings. The number of aromatic nitrogens is 4. The van der Waals surface area contributed by atoms with E-state index in [0.29, 0.717) is 25.9 Å². The highest BCUT2D eigenvalue weighted by molar-refractivity contribution is 5.80. The summed E-state index contributed by atoms with van der Waals surface area (Å²) in [5.74, 6) is -0.239. The number of rotatable bonds is 4. The van der Waals surface area contributed by atoms with Crippen molar-refractivity contribution in [3.8, 4) is 0 Å². The number of carbonyl (C=O) groups is 1. The average Bonchev–Trinajstić information content (AvgIpc) is 3.17. The zero-order valence-corrected chi connectivity index (χ0v) is 16.3. The minimum atomic E-state index is -0.258. The van der Waals surface area contributed by atoms with E-state index in [0.717, 1.165) is 33.4 Å². The molecule has 1 aliphatic rings. The lowest BCUT2D eigenvalue weighted by Crippen LogP contribution is -2.39. The lowest BCUT2D eigenvalue weighted by Gasteiger charge is -2.29. The van der Waals surface area contributed by atoms with Crippen LogP contribution in [0.2, 0.25) is 0 Å². The molecule has 1 amide bonds. The Morgan fingerprint density at radius 3 is 2.73 bits per heavy atom. The molecule has 6 nitrogen and oxygen atoms in total. The van der Waals surface area contributed by atoms with Gasteiger partial charge in [-0.3, -0.25) is 9.48 Å². The highest BCUT2D eigenvalue weighted by atomic mass is 19.1. The van der Waals surface area contributed by atoms with Gasteiger partial charge in [0.05, 0.1) is 16.9 Å². The number of hydrogen-bond acceptors (Lipinski definition) is 4. The van der Waals surface area contributed by atoms with Gasteiger partial charge in [0.25, 0.3) is 0 Å². The minimum absolute atomic E-state index is 0.0186. The van der Waals surface area contributed by atoms with Crippen LogP contribution in [0.15, 0.2) is 61.1 Å². The van der Waals surface area contributed by atoms with E-state index in [1.807, 2.05) is 35.4 Å². The van der Waals surface area contributed by atoms with Gasteiger partial charge in [0.15, 0.2) is 0 Å². The fourth-order valence-corrected chi connectivity index (χ4v) is 3.90. The molecule has 0 spiro atoms. The fourth-order valence-electron chi connectivity index (χ4n) is 3.90. The molecule has 30 heavy (non-hydrogen) atoms. The Bertz CT molecular complexity index is 1180. The molecular formula is C23H20FN5O. The Kier molecular flexibility index (Phi) is 4.71. The first-order chi connectivity index (χ1) is 14.7. The SMILES string of the molecule is O=C(Cn1cc2ccccc2n1)N1CCc2ncnc(Cc3ccc(F)cc3)c2C1. The van der Waals surface area contributed by atoms with Gasteiger partial charge in [0.2, 0.25) is 5.91 Å². The van der Waals surface area contributed by atoms with Gasteiger partial charge in [-0.05, 0) is 23.8 Å². The molecule has 0 N–H and O–H groups in total. The first-order valence-corrected chi connectivity index (χ1v) is 9.92. The van der Waals surface area contributed by atoms with Crippen molar-refractivity contribution < 1.29 is 9.18 Å². The molecule has 0 bridgehead atoms. The van der Waals surface area contributed by atoms with Gasteiger partial charge in [-0.1, -0.05) is 30.3 Å². The molecule has 150 valence electrons. The van der Waals surface area contributed by atoms with Gasteiger partial charge < -0.3 is 4.90 Å². The Morgan fingerprint density at radius 2 is 1.90 bits per heavy atom. The quantitative estimate of drug-likeness (QED) is 0.527. The van der Waals surface area contributed by atoms with Crippen LogP contribution in [0.5, 0.6) is 0 Å². The number of halogens is 1. The maximum Gasteiger partial charge on any atom is 0.244 e. The highest BCUT2D eigenvalue weighted by Gasteiger charge is 2.24. The van der Waals surface area contributed by atoms with Crippen molar-refractivity contribution in [3.63, 3.8) is 0 Å². The summed E-state index contributed by atoms with van der Waals surface area (Å²) in [5, 5.41) is 5.50. The van der Waals surface area contributed by atoms with Crippen LogP contribution in [0.25, 0.3) is 10.9 Å². The maximum atomic E-state index is 13.2. The molecule has 3 heterocycles. The fraction of sp³-hybridized carbons (Fsp3) is 0.217. The Labute approximate surface area is 173 Å². The van der Waals surface area contributed by atoms with Crippen LogP contribution in [0.4, 0.5) is 4.39 Å². The summed E-state index contributed by atoms with van der Waals surface area (Å²) < 4.78 is 14.9. The largest absolute Gasteiger partial charge is 0.336 e. The molecule has 5 rings (SSSR count). The Hall–Kier alpha value is -3.61. The van der Waals surface area contributed by atoms with E-state index in [1.54, 1.807) is 23.1 Å². The molecule has 7 heteroatoms. The summed E-state index contributed by atoms with van der Waals surface area (Å²) in [5.41, 5.74) is 4.71. The summed E-state index contributed by atoms with van der Waals surface area (Å²) in [6, 6.07) is 14.2. The molecule has 1 aliphatic heterocycles. The maximum absolute atomic E-state index is 13.2. The summed E-state index contributed by atoms with van der Waals surface area (Å²) >= 11 is 0. The van der Waals surface area contributed by atoms with Crippen molar-refractivity contribution in [1.29, 1.82) is 0 Å². The molecule has 0 saturated carbocycles. The number of carbonyl (C=O) groups excluding carboxylic acids is 1. The summed E-state index contributed by atoms with van der Waals surface area (Å²) in [6.07, 6.45) is 4.75. The lowest BCUT2D eigenvalue weighted by molar-refractivity contribution is -0.133. The monoisotopic (exact) mass is 401 g/mol. The number of fused-ring (bicyclic) bond motifs is 2. The number of hydrogen-bond donors (Lipinski definition) is 0. The van der Waals surface area contributed by atoms with E-state index >= 15 is 0 Å². The van der Waals surface area contributed by atoms with E-state index in [4.69, 9.17) is 0 Å². The summed E-state index contributed by atoms with van der Waals surface area (Å²) in [6.45, 7) is 1.30. The molecule has 0 radical (unpaired) electrons. The highest BCUT2D eigenvalue weighted by Crippen LogP contribution is 2.22. The Balaban J connectivity index is 1.34. The van der Waals surface area contributed by atoms with Crippen molar-refractivity contribution in [3.05, 3.63) is 89.4 Å². The zero-order chi connectivity index (χ0) is 20.5. The molecule has 0 atom stereocenters. The van der Waals surface area contributed by atoms with Crippen LogP contribution in [-0.2, 0) is 30.7 Å². The molecule has 0 aliphatic carbocycles. The molecule has 4 aromatic rings. The van der Waals surface area contributed by atoms with Crippen LogP contribution < -0.4 is 0 Å². The normalized spacial score (nSPS) is 13.4. The van der Waals surface area contributed by atoms with Crippen LogP contribution in [0.1, 0.15) is 22.5 Å². The molecule has 0 saturated heterocycles. The van der Waals surface area contributed by atoms with E-state index in [-0.39, 0.29) is 18.3 Å². The Morgan fingerprint density at radius 1 is 1.07 bits per heavy atom. The van der Waals surface area contributed by atoms with Crippen molar-refractivity contribution in [2.45, 2.75) is 25.9 Å². The lowest BCUT2D eigenvalue weighted by atomic mass is 9.99. The minimum Gasteiger partial charge on any atom is -0.336 e. The van der Waals surface area contributed by atoms with Crippen LogP contribution >= 0.6 is 0 Å². The average molecular weight is 401 g/mol. The van der Waals surface area contributed by atoms with Gasteiger partial charge in [-0.15, -0.1) is 0 Å². The third-order valence-corrected chi connectivity index (χ3v) is 5.49. The standard InChI is InChI=1S/C23H20FN5O/c24-18-7-5-16(6-8-18)11-22-19-13-28(10-9-21(19)25-15-26-22)23(30)14-29-12-17-3-1-2-4-20(17)27-29/h1-8,12,15H,9-11,13-14H2. The van der Waals surface area contributed by atoms with Gasteiger partial charge in [-0.2, -0.15) is 5.10 Å². The second-order valence-electron chi connectivity index (χ2n) is 7.50. The van der Waals surface area contributed by atoms with Gasteiger partial charge in [0.1, 0.15) is 18.7 Å². The van der Waals surface area contributed by atoms with Crippen LogP contribution in [0, 0.1) is 5.82 Å². The number of amides is 1. The molecule has 2 aromatic heterocycles. The van der Waals surface area contributed by atoms with E-state index in [1.165, 1.54) is 12.1 Å². The smallest absolute Gasteiger partial charge is 0.244 e. The second-order valence-corrected chi connectivity index (χ2v) is 7.50. The van der Waals surface area contributed by atoms with Gasteiger partial charge in [0, 0.05) is 43.1 Å². The van der Waals surface area contributed by atoms with E-state index < -0.39 is 0 Å². The summed E-state index contributed by atoms with van der Waals surface area (Å²) in [7, 11) is 0.